The summed E-state index contributed by atoms with van der Waals surface area (Å²) in [4.78, 5) is 7.20. The van der Waals surface area contributed by atoms with Crippen molar-refractivity contribution in [1.82, 2.24) is 9.88 Å². The van der Waals surface area contributed by atoms with Gasteiger partial charge in [0.15, 0.2) is 0 Å². The molecule has 1 aliphatic heterocycles. The highest BCUT2D eigenvalue weighted by atomic mass is 35.5. The van der Waals surface area contributed by atoms with Crippen molar-refractivity contribution in [1.29, 1.82) is 0 Å². The zero-order valence-electron chi connectivity index (χ0n) is 11.7. The molecule has 19 heavy (non-hydrogen) atoms. The van der Waals surface area contributed by atoms with Crippen LogP contribution in [0.2, 0.25) is 0 Å². The third-order valence-corrected chi connectivity index (χ3v) is 4.58. The first-order chi connectivity index (χ1) is 8.19. The molecule has 0 saturated carbocycles. The molecule has 1 aromatic rings. The SMILES string of the molecule is CC(C)c1nc(CN2CCCC(CN)C2)cs1.Cl.Cl. The lowest BCUT2D eigenvalue weighted by Gasteiger charge is -2.31. The number of hydrogen-bond donors (Lipinski definition) is 1. The second kappa shape index (κ2) is 9.14. The fourth-order valence-electron chi connectivity index (χ4n) is 2.38. The number of nitrogens with two attached hydrogens (primary N) is 1. The number of likely N-dealkylation sites (tertiary alicyclic amines) is 1. The van der Waals surface area contributed by atoms with Crippen LogP contribution in [0.4, 0.5) is 0 Å². The summed E-state index contributed by atoms with van der Waals surface area (Å²) in [6.45, 7) is 8.57. The predicted octanol–water partition coefficient (Wildman–Crippen LogP) is 3.28. The molecule has 6 heteroatoms. The van der Waals surface area contributed by atoms with E-state index in [0.717, 1.165) is 19.6 Å². The first-order valence-corrected chi connectivity index (χ1v) is 7.43. The summed E-state index contributed by atoms with van der Waals surface area (Å²) in [5.74, 6) is 1.24. The van der Waals surface area contributed by atoms with E-state index in [1.54, 1.807) is 11.3 Å². The van der Waals surface area contributed by atoms with Crippen LogP contribution < -0.4 is 5.73 Å². The Bertz CT molecular complexity index is 357. The highest BCUT2D eigenvalue weighted by Gasteiger charge is 2.19. The Labute approximate surface area is 132 Å². The summed E-state index contributed by atoms with van der Waals surface area (Å²) in [6.07, 6.45) is 2.57. The van der Waals surface area contributed by atoms with Crippen molar-refractivity contribution >= 4 is 36.2 Å². The molecule has 1 aliphatic rings. The zero-order chi connectivity index (χ0) is 12.3. The van der Waals surface area contributed by atoms with Gasteiger partial charge in [0.25, 0.3) is 0 Å². The molecule has 1 aromatic heterocycles. The molecular weight excluding hydrogens is 301 g/mol. The van der Waals surface area contributed by atoms with E-state index in [1.807, 2.05) is 0 Å². The number of thiazole rings is 1. The summed E-state index contributed by atoms with van der Waals surface area (Å²) in [6, 6.07) is 0. The average Bonchev–Trinajstić information content (AvgIpc) is 2.78. The summed E-state index contributed by atoms with van der Waals surface area (Å²) >= 11 is 1.79. The van der Waals surface area contributed by atoms with Crippen molar-refractivity contribution in [2.75, 3.05) is 19.6 Å². The van der Waals surface area contributed by atoms with Crippen LogP contribution in [-0.2, 0) is 6.54 Å². The van der Waals surface area contributed by atoms with Gasteiger partial charge >= 0.3 is 0 Å². The van der Waals surface area contributed by atoms with E-state index in [4.69, 9.17) is 10.7 Å². The number of piperidine rings is 1. The summed E-state index contributed by atoms with van der Waals surface area (Å²) in [5, 5.41) is 3.47. The molecule has 2 heterocycles. The van der Waals surface area contributed by atoms with Gasteiger partial charge in [0.1, 0.15) is 0 Å². The fourth-order valence-corrected chi connectivity index (χ4v) is 3.20. The number of halogens is 2. The lowest BCUT2D eigenvalue weighted by molar-refractivity contribution is 0.169. The van der Waals surface area contributed by atoms with Crippen LogP contribution in [0.3, 0.4) is 0 Å². The Hall–Kier alpha value is 0.130. The molecule has 0 aromatic carbocycles. The van der Waals surface area contributed by atoms with Crippen LogP contribution in [0.15, 0.2) is 5.38 Å². The molecule has 3 nitrogen and oxygen atoms in total. The lowest BCUT2D eigenvalue weighted by atomic mass is 9.98. The number of nitrogens with zero attached hydrogens (tertiary/aromatic N) is 2. The minimum atomic E-state index is 0. The predicted molar refractivity (Wildman–Crippen MR) is 87.8 cm³/mol. The van der Waals surface area contributed by atoms with Crippen molar-refractivity contribution in [2.24, 2.45) is 11.7 Å². The number of rotatable bonds is 4. The third kappa shape index (κ3) is 5.56. The lowest BCUT2D eigenvalue weighted by Crippen LogP contribution is -2.37. The molecule has 0 aliphatic carbocycles. The quantitative estimate of drug-likeness (QED) is 0.923. The Morgan fingerprint density at radius 1 is 1.47 bits per heavy atom. The van der Waals surface area contributed by atoms with E-state index < -0.39 is 0 Å². The fraction of sp³-hybridized carbons (Fsp3) is 0.769. The van der Waals surface area contributed by atoms with E-state index >= 15 is 0 Å². The average molecular weight is 326 g/mol. The van der Waals surface area contributed by atoms with Gasteiger partial charge in [0.2, 0.25) is 0 Å². The first kappa shape index (κ1) is 19.1. The summed E-state index contributed by atoms with van der Waals surface area (Å²) in [5.41, 5.74) is 7.00. The van der Waals surface area contributed by atoms with Crippen LogP contribution in [-0.4, -0.2) is 29.5 Å². The van der Waals surface area contributed by atoms with Crippen molar-refractivity contribution in [3.8, 4) is 0 Å². The van der Waals surface area contributed by atoms with Crippen molar-refractivity contribution < 1.29 is 0 Å². The Morgan fingerprint density at radius 3 is 2.79 bits per heavy atom. The molecule has 112 valence electrons. The largest absolute Gasteiger partial charge is 0.330 e. The zero-order valence-corrected chi connectivity index (χ0v) is 14.1. The highest BCUT2D eigenvalue weighted by Crippen LogP contribution is 2.22. The molecular formula is C13H25Cl2N3S. The maximum atomic E-state index is 5.76. The monoisotopic (exact) mass is 325 g/mol. The smallest absolute Gasteiger partial charge is 0.0954 e. The van der Waals surface area contributed by atoms with Gasteiger partial charge in [-0.05, 0) is 31.8 Å². The van der Waals surface area contributed by atoms with Gasteiger partial charge in [-0.2, -0.15) is 0 Å². The molecule has 0 spiro atoms. The van der Waals surface area contributed by atoms with E-state index in [1.165, 1.54) is 30.1 Å². The molecule has 0 bridgehead atoms. The standard InChI is InChI=1S/C13H23N3S.2ClH/c1-10(2)13-15-12(9-17-13)8-16-5-3-4-11(6-14)7-16;;/h9-11H,3-8,14H2,1-2H3;2*1H. The summed E-state index contributed by atoms with van der Waals surface area (Å²) < 4.78 is 0. The van der Waals surface area contributed by atoms with Gasteiger partial charge in [0, 0.05) is 24.4 Å². The maximum absolute atomic E-state index is 5.76. The minimum absolute atomic E-state index is 0. The van der Waals surface area contributed by atoms with Gasteiger partial charge < -0.3 is 5.73 Å². The first-order valence-electron chi connectivity index (χ1n) is 6.55. The maximum Gasteiger partial charge on any atom is 0.0954 e. The molecule has 1 unspecified atom stereocenters. The topological polar surface area (TPSA) is 42.2 Å². The second-order valence-corrected chi connectivity index (χ2v) is 6.20. The van der Waals surface area contributed by atoms with Crippen LogP contribution in [0.25, 0.3) is 0 Å². The highest BCUT2D eigenvalue weighted by molar-refractivity contribution is 7.09. The number of aromatic nitrogens is 1. The van der Waals surface area contributed by atoms with Gasteiger partial charge in [-0.3, -0.25) is 4.90 Å². The van der Waals surface area contributed by atoms with Crippen LogP contribution >= 0.6 is 36.2 Å². The van der Waals surface area contributed by atoms with Gasteiger partial charge in [-0.1, -0.05) is 13.8 Å². The van der Waals surface area contributed by atoms with Gasteiger partial charge in [-0.15, -0.1) is 36.2 Å². The molecule has 1 fully saturated rings. The van der Waals surface area contributed by atoms with Gasteiger partial charge in [-0.25, -0.2) is 4.98 Å². The van der Waals surface area contributed by atoms with Crippen molar-refractivity contribution in [3.63, 3.8) is 0 Å². The van der Waals surface area contributed by atoms with Crippen molar-refractivity contribution in [3.05, 3.63) is 16.1 Å². The van der Waals surface area contributed by atoms with Crippen LogP contribution in [0.5, 0.6) is 0 Å². The molecule has 2 rings (SSSR count). The minimum Gasteiger partial charge on any atom is -0.330 e. The summed E-state index contributed by atoms with van der Waals surface area (Å²) in [7, 11) is 0. The molecule has 2 N–H and O–H groups in total. The van der Waals surface area contributed by atoms with Gasteiger partial charge in [0.05, 0.1) is 10.7 Å². The van der Waals surface area contributed by atoms with Crippen LogP contribution in [0, 0.1) is 5.92 Å². The normalized spacial score (nSPS) is 19.9. The molecule has 1 saturated heterocycles. The van der Waals surface area contributed by atoms with E-state index in [9.17, 15) is 0 Å². The second-order valence-electron chi connectivity index (χ2n) is 5.31. The molecule has 0 amide bonds. The molecule has 1 atom stereocenters. The van der Waals surface area contributed by atoms with Crippen LogP contribution in [0.1, 0.15) is 43.3 Å². The Kier molecular flexibility index (Phi) is 9.20. The van der Waals surface area contributed by atoms with Crippen molar-refractivity contribution in [2.45, 2.75) is 39.2 Å². The van der Waals surface area contributed by atoms with E-state index in [2.05, 4.69) is 24.1 Å². The van der Waals surface area contributed by atoms with E-state index in [0.29, 0.717) is 11.8 Å². The molecule has 0 radical (unpaired) electrons. The Morgan fingerprint density at radius 2 is 2.21 bits per heavy atom. The number of hydrogen-bond acceptors (Lipinski definition) is 4. The third-order valence-electron chi connectivity index (χ3n) is 3.39. The Balaban J connectivity index is 0.00000162. The van der Waals surface area contributed by atoms with E-state index in [-0.39, 0.29) is 24.8 Å².